The number of nitrogens with one attached hydrogen (secondary N) is 1. The van der Waals surface area contributed by atoms with E-state index in [1.807, 2.05) is 0 Å². The minimum atomic E-state index is -0.340. The Kier molecular flexibility index (Phi) is 4.90. The van der Waals surface area contributed by atoms with Crippen LogP contribution in [0.15, 0.2) is 12.1 Å². The fourth-order valence-electron chi connectivity index (χ4n) is 3.67. The molecular formula is C19H28N2O2. The van der Waals surface area contributed by atoms with Gasteiger partial charge in [-0.1, -0.05) is 13.0 Å². The summed E-state index contributed by atoms with van der Waals surface area (Å²) in [5, 5.41) is 3.38. The minimum Gasteiger partial charge on any atom is -0.480 e. The molecule has 23 heavy (non-hydrogen) atoms. The molecular weight excluding hydrogens is 288 g/mol. The van der Waals surface area contributed by atoms with Gasteiger partial charge >= 0.3 is 0 Å². The van der Waals surface area contributed by atoms with Crippen LogP contribution in [0, 0.1) is 13.8 Å². The molecule has 2 aliphatic heterocycles. The molecule has 0 aliphatic carbocycles. The summed E-state index contributed by atoms with van der Waals surface area (Å²) in [6.45, 7) is 9.18. The zero-order valence-corrected chi connectivity index (χ0v) is 14.5. The molecule has 4 heteroatoms. The average Bonchev–Trinajstić information content (AvgIpc) is 2.96. The van der Waals surface area contributed by atoms with Crippen LogP contribution < -0.4 is 10.1 Å². The zero-order chi connectivity index (χ0) is 16.4. The number of nitrogens with zero attached hydrogens (tertiary/aromatic N) is 1. The molecule has 0 bridgehead atoms. The van der Waals surface area contributed by atoms with Crippen molar-refractivity contribution in [3.8, 4) is 5.75 Å². The number of hydrogen-bond acceptors (Lipinski definition) is 3. The van der Waals surface area contributed by atoms with Crippen molar-refractivity contribution in [3.05, 3.63) is 28.8 Å². The lowest BCUT2D eigenvalue weighted by Gasteiger charge is -2.35. The van der Waals surface area contributed by atoms with Crippen LogP contribution in [0.2, 0.25) is 0 Å². The number of piperidine rings is 1. The number of aryl methyl sites for hydroxylation is 2. The molecule has 0 aromatic heterocycles. The van der Waals surface area contributed by atoms with Crippen molar-refractivity contribution in [1.29, 1.82) is 0 Å². The third-order valence-corrected chi connectivity index (χ3v) is 5.12. The van der Waals surface area contributed by atoms with Gasteiger partial charge in [-0.3, -0.25) is 4.79 Å². The zero-order valence-electron chi connectivity index (χ0n) is 14.5. The maximum Gasteiger partial charge on any atom is 0.264 e. The first-order valence-corrected chi connectivity index (χ1v) is 8.88. The molecule has 1 unspecified atom stereocenters. The quantitative estimate of drug-likeness (QED) is 0.928. The summed E-state index contributed by atoms with van der Waals surface area (Å²) < 4.78 is 6.02. The van der Waals surface area contributed by atoms with Crippen LogP contribution in [0.25, 0.3) is 0 Å². The molecule has 126 valence electrons. The van der Waals surface area contributed by atoms with Gasteiger partial charge in [-0.15, -0.1) is 0 Å². The molecule has 1 fully saturated rings. The topological polar surface area (TPSA) is 41.6 Å². The van der Waals surface area contributed by atoms with E-state index in [4.69, 9.17) is 4.74 Å². The van der Waals surface area contributed by atoms with Gasteiger partial charge in [0.05, 0.1) is 0 Å². The number of amides is 1. The molecule has 1 atom stereocenters. The number of carbonyl (C=O) groups is 1. The van der Waals surface area contributed by atoms with E-state index in [0.29, 0.717) is 12.5 Å². The standard InChI is InChI=1S/C19H28N2O2/c1-4-9-21(16-5-7-20-8-6-16)19(22)18-12-15-10-13(2)14(3)11-17(15)23-18/h10-11,16,18,20H,4-9,12H2,1-3H3. The van der Waals surface area contributed by atoms with Crippen molar-refractivity contribution in [2.75, 3.05) is 19.6 Å². The number of hydrogen-bond donors (Lipinski definition) is 1. The van der Waals surface area contributed by atoms with Gasteiger partial charge in [-0.05, 0) is 69.0 Å². The second-order valence-electron chi connectivity index (χ2n) is 6.87. The average molecular weight is 316 g/mol. The van der Waals surface area contributed by atoms with Crippen molar-refractivity contribution >= 4 is 5.91 Å². The van der Waals surface area contributed by atoms with Gasteiger partial charge in [-0.25, -0.2) is 0 Å². The van der Waals surface area contributed by atoms with Crippen LogP contribution in [0.5, 0.6) is 5.75 Å². The van der Waals surface area contributed by atoms with Gasteiger partial charge in [0.1, 0.15) is 5.75 Å². The number of benzene rings is 1. The van der Waals surface area contributed by atoms with Crippen LogP contribution in [0.1, 0.15) is 42.9 Å². The van der Waals surface area contributed by atoms with E-state index in [1.54, 1.807) is 0 Å². The van der Waals surface area contributed by atoms with Crippen molar-refractivity contribution in [2.45, 2.75) is 58.6 Å². The Morgan fingerprint density at radius 1 is 1.26 bits per heavy atom. The summed E-state index contributed by atoms with van der Waals surface area (Å²) in [6, 6.07) is 4.61. The highest BCUT2D eigenvalue weighted by molar-refractivity contribution is 5.83. The predicted octanol–water partition coefficient (Wildman–Crippen LogP) is 2.60. The van der Waals surface area contributed by atoms with Crippen LogP contribution >= 0.6 is 0 Å². The van der Waals surface area contributed by atoms with Gasteiger partial charge in [0, 0.05) is 19.0 Å². The smallest absolute Gasteiger partial charge is 0.264 e. The highest BCUT2D eigenvalue weighted by Crippen LogP contribution is 2.32. The molecule has 4 nitrogen and oxygen atoms in total. The lowest BCUT2D eigenvalue weighted by Crippen LogP contribution is -2.50. The molecule has 1 N–H and O–H groups in total. The lowest BCUT2D eigenvalue weighted by molar-refractivity contribution is -0.141. The summed E-state index contributed by atoms with van der Waals surface area (Å²) in [7, 11) is 0. The Balaban J connectivity index is 1.74. The van der Waals surface area contributed by atoms with Crippen molar-refractivity contribution in [2.24, 2.45) is 0 Å². The predicted molar refractivity (Wildman–Crippen MR) is 91.9 cm³/mol. The van der Waals surface area contributed by atoms with Gasteiger partial charge < -0.3 is 15.0 Å². The minimum absolute atomic E-state index is 0.172. The molecule has 1 aromatic carbocycles. The molecule has 0 radical (unpaired) electrons. The van der Waals surface area contributed by atoms with Crippen LogP contribution in [-0.2, 0) is 11.2 Å². The number of carbonyl (C=O) groups excluding carboxylic acids is 1. The fourth-order valence-corrected chi connectivity index (χ4v) is 3.67. The van der Waals surface area contributed by atoms with E-state index < -0.39 is 0 Å². The Morgan fingerprint density at radius 3 is 2.65 bits per heavy atom. The molecule has 1 aromatic rings. The first kappa shape index (κ1) is 16.3. The molecule has 2 aliphatic rings. The highest BCUT2D eigenvalue weighted by Gasteiger charge is 2.35. The Labute approximate surface area is 139 Å². The lowest BCUT2D eigenvalue weighted by atomic mass is 10.0. The fraction of sp³-hybridized carbons (Fsp3) is 0.632. The van der Waals surface area contributed by atoms with Gasteiger partial charge in [0.15, 0.2) is 6.10 Å². The highest BCUT2D eigenvalue weighted by atomic mass is 16.5. The monoisotopic (exact) mass is 316 g/mol. The van der Waals surface area contributed by atoms with Crippen LogP contribution in [0.4, 0.5) is 0 Å². The van der Waals surface area contributed by atoms with E-state index >= 15 is 0 Å². The second-order valence-corrected chi connectivity index (χ2v) is 6.87. The summed E-state index contributed by atoms with van der Waals surface area (Å²) in [6.07, 6.45) is 3.45. The van der Waals surface area contributed by atoms with E-state index in [-0.39, 0.29) is 12.0 Å². The molecule has 2 heterocycles. The van der Waals surface area contributed by atoms with Crippen molar-refractivity contribution in [1.82, 2.24) is 10.2 Å². The maximum absolute atomic E-state index is 13.1. The number of ether oxygens (including phenoxy) is 1. The summed E-state index contributed by atoms with van der Waals surface area (Å²) in [4.78, 5) is 15.1. The molecule has 1 amide bonds. The Hall–Kier alpha value is -1.55. The first-order valence-electron chi connectivity index (χ1n) is 8.88. The van der Waals surface area contributed by atoms with Crippen molar-refractivity contribution in [3.63, 3.8) is 0 Å². The summed E-state index contributed by atoms with van der Waals surface area (Å²) >= 11 is 0. The van der Waals surface area contributed by atoms with E-state index in [9.17, 15) is 4.79 Å². The van der Waals surface area contributed by atoms with Gasteiger partial charge in [-0.2, -0.15) is 0 Å². The third-order valence-electron chi connectivity index (χ3n) is 5.12. The molecule has 0 spiro atoms. The van der Waals surface area contributed by atoms with Crippen molar-refractivity contribution < 1.29 is 9.53 Å². The Morgan fingerprint density at radius 2 is 1.96 bits per heavy atom. The maximum atomic E-state index is 13.1. The number of fused-ring (bicyclic) bond motifs is 1. The molecule has 0 saturated carbocycles. The summed E-state index contributed by atoms with van der Waals surface area (Å²) in [5.41, 5.74) is 3.66. The van der Waals surface area contributed by atoms with Crippen LogP contribution in [-0.4, -0.2) is 42.6 Å². The SMILES string of the molecule is CCCN(C(=O)C1Cc2cc(C)c(C)cc2O1)C1CCNCC1. The third kappa shape index (κ3) is 3.37. The normalized spacial score (nSPS) is 20.9. The number of rotatable bonds is 4. The molecule has 3 rings (SSSR count). The first-order chi connectivity index (χ1) is 11.1. The van der Waals surface area contributed by atoms with Crippen LogP contribution in [0.3, 0.4) is 0 Å². The second kappa shape index (κ2) is 6.91. The van der Waals surface area contributed by atoms with E-state index in [1.165, 1.54) is 16.7 Å². The Bertz CT molecular complexity index is 548. The van der Waals surface area contributed by atoms with E-state index in [0.717, 1.165) is 44.6 Å². The largest absolute Gasteiger partial charge is 0.480 e. The van der Waals surface area contributed by atoms with Gasteiger partial charge in [0.25, 0.3) is 5.91 Å². The summed E-state index contributed by atoms with van der Waals surface area (Å²) in [5.74, 6) is 1.07. The van der Waals surface area contributed by atoms with Gasteiger partial charge in [0.2, 0.25) is 0 Å². The van der Waals surface area contributed by atoms with E-state index in [2.05, 4.69) is 43.1 Å². The molecule has 1 saturated heterocycles.